The van der Waals surface area contributed by atoms with E-state index in [1.165, 1.54) is 4.90 Å². The lowest BCUT2D eigenvalue weighted by molar-refractivity contribution is 0.264. The Hall–Kier alpha value is -2.00. The molecule has 0 atom stereocenters. The largest absolute Gasteiger partial charge is 0.494 e. The molecule has 2 rings (SSSR count). The minimum Gasteiger partial charge on any atom is -0.494 e. The standard InChI is InChI=1S/C16H16ClNO2/c1-2-20-15-10-8-14(9-11-15)18(16(17)19)12-13-6-4-3-5-7-13/h3-11H,2,12H2,1H3. The Morgan fingerprint density at radius 2 is 1.75 bits per heavy atom. The number of amides is 1. The van der Waals surface area contributed by atoms with Crippen LogP contribution in [0.25, 0.3) is 0 Å². The highest BCUT2D eigenvalue weighted by atomic mass is 35.5. The number of hydrogen-bond donors (Lipinski definition) is 0. The number of hydrogen-bond acceptors (Lipinski definition) is 2. The molecule has 0 bridgehead atoms. The molecule has 0 aliphatic rings. The second-order valence-corrected chi connectivity index (χ2v) is 4.57. The Kier molecular flexibility index (Phi) is 5.02. The van der Waals surface area contributed by atoms with Gasteiger partial charge in [0.25, 0.3) is 0 Å². The monoisotopic (exact) mass is 289 g/mol. The quantitative estimate of drug-likeness (QED) is 0.601. The van der Waals surface area contributed by atoms with E-state index in [1.54, 1.807) is 0 Å². The van der Waals surface area contributed by atoms with Gasteiger partial charge in [-0.3, -0.25) is 9.69 Å². The van der Waals surface area contributed by atoms with Crippen LogP contribution in [0.3, 0.4) is 0 Å². The second kappa shape index (κ2) is 6.96. The molecule has 4 heteroatoms. The Bertz CT molecular complexity index is 554. The Labute approximate surface area is 123 Å². The summed E-state index contributed by atoms with van der Waals surface area (Å²) in [6, 6.07) is 17.0. The van der Waals surface area contributed by atoms with E-state index in [0.29, 0.717) is 13.2 Å². The summed E-state index contributed by atoms with van der Waals surface area (Å²) >= 11 is 5.68. The molecule has 3 nitrogen and oxygen atoms in total. The van der Waals surface area contributed by atoms with Crippen LogP contribution in [-0.4, -0.2) is 12.0 Å². The molecule has 104 valence electrons. The molecular weight excluding hydrogens is 274 g/mol. The molecule has 0 saturated heterocycles. The molecule has 0 heterocycles. The third kappa shape index (κ3) is 3.75. The molecule has 0 spiro atoms. The van der Waals surface area contributed by atoms with Gasteiger partial charge in [-0.1, -0.05) is 30.3 Å². The highest BCUT2D eigenvalue weighted by Gasteiger charge is 2.13. The SMILES string of the molecule is CCOc1ccc(N(Cc2ccccc2)C(=O)Cl)cc1. The van der Waals surface area contributed by atoms with Crippen LogP contribution in [0.5, 0.6) is 5.75 Å². The van der Waals surface area contributed by atoms with Crippen molar-refractivity contribution in [3.8, 4) is 5.75 Å². The summed E-state index contributed by atoms with van der Waals surface area (Å²) in [6.45, 7) is 2.98. The zero-order valence-electron chi connectivity index (χ0n) is 11.3. The third-order valence-electron chi connectivity index (χ3n) is 2.86. The van der Waals surface area contributed by atoms with Gasteiger partial charge in [0.2, 0.25) is 0 Å². The van der Waals surface area contributed by atoms with Gasteiger partial charge < -0.3 is 4.74 Å². The highest BCUT2D eigenvalue weighted by molar-refractivity contribution is 6.66. The summed E-state index contributed by atoms with van der Waals surface area (Å²) in [7, 11) is 0. The van der Waals surface area contributed by atoms with Gasteiger partial charge in [0.15, 0.2) is 0 Å². The van der Waals surface area contributed by atoms with Crippen molar-refractivity contribution < 1.29 is 9.53 Å². The summed E-state index contributed by atoms with van der Waals surface area (Å²) in [5.41, 5.74) is 1.77. The molecular formula is C16H16ClNO2. The Balaban J connectivity index is 2.18. The van der Waals surface area contributed by atoms with Crippen molar-refractivity contribution in [1.29, 1.82) is 0 Å². The van der Waals surface area contributed by atoms with Crippen LogP contribution in [0.4, 0.5) is 10.5 Å². The maximum atomic E-state index is 11.6. The normalized spacial score (nSPS) is 10.1. The van der Waals surface area contributed by atoms with E-state index in [4.69, 9.17) is 16.3 Å². The zero-order valence-corrected chi connectivity index (χ0v) is 12.0. The molecule has 0 fully saturated rings. The number of halogens is 1. The van der Waals surface area contributed by atoms with E-state index in [-0.39, 0.29) is 0 Å². The van der Waals surface area contributed by atoms with Crippen LogP contribution < -0.4 is 9.64 Å². The van der Waals surface area contributed by atoms with Gasteiger partial charge in [0.1, 0.15) is 5.75 Å². The van der Waals surface area contributed by atoms with E-state index >= 15 is 0 Å². The molecule has 0 N–H and O–H groups in total. The minimum atomic E-state index is -0.502. The smallest absolute Gasteiger partial charge is 0.321 e. The summed E-state index contributed by atoms with van der Waals surface area (Å²) in [5, 5.41) is -0.502. The molecule has 0 radical (unpaired) electrons. The van der Waals surface area contributed by atoms with Crippen LogP contribution in [-0.2, 0) is 6.54 Å². The Morgan fingerprint density at radius 3 is 2.30 bits per heavy atom. The fraction of sp³-hybridized carbons (Fsp3) is 0.188. The summed E-state index contributed by atoms with van der Waals surface area (Å²) in [5.74, 6) is 0.776. The maximum absolute atomic E-state index is 11.6. The van der Waals surface area contributed by atoms with E-state index in [1.807, 2.05) is 61.5 Å². The van der Waals surface area contributed by atoms with Gasteiger partial charge in [-0.2, -0.15) is 0 Å². The summed E-state index contributed by atoms with van der Waals surface area (Å²) in [4.78, 5) is 13.1. The van der Waals surface area contributed by atoms with E-state index in [2.05, 4.69) is 0 Å². The minimum absolute atomic E-state index is 0.442. The first-order chi connectivity index (χ1) is 9.70. The van der Waals surface area contributed by atoms with Crippen LogP contribution in [0, 0.1) is 0 Å². The van der Waals surface area contributed by atoms with Crippen molar-refractivity contribution in [3.63, 3.8) is 0 Å². The summed E-state index contributed by atoms with van der Waals surface area (Å²) < 4.78 is 5.38. The van der Waals surface area contributed by atoms with Crippen LogP contribution in [0.1, 0.15) is 12.5 Å². The summed E-state index contributed by atoms with van der Waals surface area (Å²) in [6.07, 6.45) is 0. The number of rotatable bonds is 5. The van der Waals surface area contributed by atoms with E-state index in [9.17, 15) is 4.79 Å². The van der Waals surface area contributed by atoms with Crippen molar-refractivity contribution in [2.45, 2.75) is 13.5 Å². The lowest BCUT2D eigenvalue weighted by Gasteiger charge is -2.20. The lowest BCUT2D eigenvalue weighted by Crippen LogP contribution is -2.24. The predicted octanol–water partition coefficient (Wildman–Crippen LogP) is 4.45. The number of nitrogens with zero attached hydrogens (tertiary/aromatic N) is 1. The first-order valence-electron chi connectivity index (χ1n) is 6.44. The fourth-order valence-electron chi connectivity index (χ4n) is 1.91. The number of benzene rings is 2. The molecule has 1 amide bonds. The van der Waals surface area contributed by atoms with Gasteiger partial charge in [-0.05, 0) is 48.4 Å². The molecule has 0 unspecified atom stereocenters. The highest BCUT2D eigenvalue weighted by Crippen LogP contribution is 2.22. The molecule has 2 aromatic carbocycles. The third-order valence-corrected chi connectivity index (χ3v) is 3.06. The molecule has 0 aliphatic heterocycles. The van der Waals surface area contributed by atoms with Crippen LogP contribution in [0.15, 0.2) is 54.6 Å². The fourth-order valence-corrected chi connectivity index (χ4v) is 2.07. The lowest BCUT2D eigenvalue weighted by atomic mass is 10.2. The average Bonchev–Trinajstić information content (AvgIpc) is 2.47. The second-order valence-electron chi connectivity index (χ2n) is 4.25. The van der Waals surface area contributed by atoms with Gasteiger partial charge in [0, 0.05) is 5.69 Å². The van der Waals surface area contributed by atoms with Crippen molar-refractivity contribution in [2.24, 2.45) is 0 Å². The first-order valence-corrected chi connectivity index (χ1v) is 6.82. The number of anilines is 1. The Morgan fingerprint density at radius 1 is 1.10 bits per heavy atom. The number of carbonyl (C=O) groups is 1. The van der Waals surface area contributed by atoms with Crippen molar-refractivity contribution >= 4 is 22.7 Å². The van der Waals surface area contributed by atoms with Gasteiger partial charge in [-0.15, -0.1) is 0 Å². The number of ether oxygens (including phenoxy) is 1. The van der Waals surface area contributed by atoms with Gasteiger partial charge in [-0.25, -0.2) is 0 Å². The topological polar surface area (TPSA) is 29.5 Å². The van der Waals surface area contributed by atoms with Crippen LogP contribution >= 0.6 is 11.6 Å². The zero-order chi connectivity index (χ0) is 14.4. The first kappa shape index (κ1) is 14.4. The van der Waals surface area contributed by atoms with Crippen molar-refractivity contribution in [2.75, 3.05) is 11.5 Å². The van der Waals surface area contributed by atoms with Gasteiger partial charge >= 0.3 is 5.37 Å². The van der Waals surface area contributed by atoms with Crippen molar-refractivity contribution in [3.05, 3.63) is 60.2 Å². The van der Waals surface area contributed by atoms with E-state index in [0.717, 1.165) is 17.0 Å². The average molecular weight is 290 g/mol. The molecule has 0 aliphatic carbocycles. The molecule has 2 aromatic rings. The maximum Gasteiger partial charge on any atom is 0.321 e. The number of carbonyl (C=O) groups excluding carboxylic acids is 1. The molecule has 20 heavy (non-hydrogen) atoms. The van der Waals surface area contributed by atoms with Crippen molar-refractivity contribution in [1.82, 2.24) is 0 Å². The van der Waals surface area contributed by atoms with E-state index < -0.39 is 5.37 Å². The van der Waals surface area contributed by atoms with Crippen LogP contribution in [0.2, 0.25) is 0 Å². The molecule has 0 saturated carbocycles. The molecule has 0 aromatic heterocycles. The van der Waals surface area contributed by atoms with Gasteiger partial charge in [0.05, 0.1) is 13.2 Å². The predicted molar refractivity (Wildman–Crippen MR) is 81.5 cm³/mol.